The molecular formula is C12H18N2O. The van der Waals surface area contributed by atoms with Crippen LogP contribution >= 0.6 is 0 Å². The van der Waals surface area contributed by atoms with Gasteiger partial charge in [-0.3, -0.25) is 4.90 Å². The molecule has 1 fully saturated rings. The molecule has 1 aromatic rings. The first-order valence-electron chi connectivity index (χ1n) is 5.40. The quantitative estimate of drug-likeness (QED) is 0.713. The van der Waals surface area contributed by atoms with E-state index in [1.807, 2.05) is 12.1 Å². The topological polar surface area (TPSA) is 49.5 Å². The van der Waals surface area contributed by atoms with E-state index < -0.39 is 0 Å². The third kappa shape index (κ3) is 2.49. The van der Waals surface area contributed by atoms with Crippen molar-refractivity contribution >= 4 is 5.69 Å². The summed E-state index contributed by atoms with van der Waals surface area (Å²) in [4.78, 5) is 2.27. The zero-order valence-electron chi connectivity index (χ0n) is 9.11. The number of rotatable bonds is 2. The lowest BCUT2D eigenvalue weighted by Gasteiger charge is -2.16. The summed E-state index contributed by atoms with van der Waals surface area (Å²) in [5, 5.41) is 9.44. The standard InChI is InChI=1S/C12H18N2O/c1-9-2-3-11(13)6-10(9)7-14-5-4-12(15)8-14/h2-3,6,12,15H,4-5,7-8,13H2,1H3. The van der Waals surface area contributed by atoms with E-state index in [0.717, 1.165) is 31.7 Å². The van der Waals surface area contributed by atoms with Gasteiger partial charge < -0.3 is 10.8 Å². The minimum atomic E-state index is -0.147. The zero-order chi connectivity index (χ0) is 10.8. The van der Waals surface area contributed by atoms with Crippen molar-refractivity contribution in [2.75, 3.05) is 18.8 Å². The molecule has 1 heterocycles. The Balaban J connectivity index is 2.07. The minimum absolute atomic E-state index is 0.147. The van der Waals surface area contributed by atoms with Crippen LogP contribution in [0, 0.1) is 6.92 Å². The van der Waals surface area contributed by atoms with Crippen molar-refractivity contribution in [3.63, 3.8) is 0 Å². The van der Waals surface area contributed by atoms with E-state index in [0.29, 0.717) is 0 Å². The number of aliphatic hydroxyl groups excluding tert-OH is 1. The van der Waals surface area contributed by atoms with Gasteiger partial charge in [-0.15, -0.1) is 0 Å². The Hall–Kier alpha value is -1.06. The van der Waals surface area contributed by atoms with Gasteiger partial charge in [0.15, 0.2) is 0 Å². The van der Waals surface area contributed by atoms with Gasteiger partial charge in [0.25, 0.3) is 0 Å². The molecule has 82 valence electrons. The molecule has 0 saturated carbocycles. The number of aryl methyl sites for hydroxylation is 1. The van der Waals surface area contributed by atoms with E-state index >= 15 is 0 Å². The van der Waals surface area contributed by atoms with Crippen molar-refractivity contribution < 1.29 is 5.11 Å². The molecule has 1 unspecified atom stereocenters. The summed E-state index contributed by atoms with van der Waals surface area (Å²) in [6, 6.07) is 6.01. The highest BCUT2D eigenvalue weighted by Crippen LogP contribution is 2.18. The highest BCUT2D eigenvalue weighted by Gasteiger charge is 2.20. The molecular weight excluding hydrogens is 188 g/mol. The molecule has 0 aromatic heterocycles. The smallest absolute Gasteiger partial charge is 0.0679 e. The number of benzene rings is 1. The molecule has 3 nitrogen and oxygen atoms in total. The highest BCUT2D eigenvalue weighted by atomic mass is 16.3. The van der Waals surface area contributed by atoms with Crippen LogP contribution in [0.1, 0.15) is 17.5 Å². The fraction of sp³-hybridized carbons (Fsp3) is 0.500. The summed E-state index contributed by atoms with van der Waals surface area (Å²) in [5.41, 5.74) is 9.11. The number of aliphatic hydroxyl groups is 1. The number of nitrogen functional groups attached to an aromatic ring is 1. The summed E-state index contributed by atoms with van der Waals surface area (Å²) < 4.78 is 0. The van der Waals surface area contributed by atoms with Crippen molar-refractivity contribution in [1.29, 1.82) is 0 Å². The summed E-state index contributed by atoms with van der Waals surface area (Å²) in [6.07, 6.45) is 0.743. The van der Waals surface area contributed by atoms with Crippen LogP contribution in [-0.4, -0.2) is 29.2 Å². The highest BCUT2D eigenvalue weighted by molar-refractivity contribution is 5.44. The Morgan fingerprint density at radius 3 is 3.00 bits per heavy atom. The Morgan fingerprint density at radius 1 is 1.53 bits per heavy atom. The van der Waals surface area contributed by atoms with Gasteiger partial charge in [0.1, 0.15) is 0 Å². The molecule has 3 heteroatoms. The second-order valence-corrected chi connectivity index (χ2v) is 4.36. The van der Waals surface area contributed by atoms with E-state index in [9.17, 15) is 5.11 Å². The minimum Gasteiger partial charge on any atom is -0.399 e. The molecule has 0 radical (unpaired) electrons. The molecule has 2 rings (SSSR count). The van der Waals surface area contributed by atoms with Gasteiger partial charge in [-0.05, 0) is 36.6 Å². The number of nitrogens with two attached hydrogens (primary N) is 1. The number of anilines is 1. The van der Waals surface area contributed by atoms with Crippen molar-refractivity contribution in [2.45, 2.75) is 26.0 Å². The number of likely N-dealkylation sites (tertiary alicyclic amines) is 1. The molecule has 0 spiro atoms. The molecule has 0 amide bonds. The van der Waals surface area contributed by atoms with Gasteiger partial charge >= 0.3 is 0 Å². The van der Waals surface area contributed by atoms with Crippen LogP contribution in [0.5, 0.6) is 0 Å². The molecule has 1 aliphatic heterocycles. The largest absolute Gasteiger partial charge is 0.399 e. The summed E-state index contributed by atoms with van der Waals surface area (Å²) in [7, 11) is 0. The number of hydrogen-bond acceptors (Lipinski definition) is 3. The second-order valence-electron chi connectivity index (χ2n) is 4.36. The maximum atomic E-state index is 9.44. The average Bonchev–Trinajstić information content (AvgIpc) is 2.58. The van der Waals surface area contributed by atoms with Crippen molar-refractivity contribution in [3.8, 4) is 0 Å². The van der Waals surface area contributed by atoms with Crippen LogP contribution in [0.15, 0.2) is 18.2 Å². The molecule has 0 bridgehead atoms. The summed E-state index contributed by atoms with van der Waals surface area (Å²) in [5.74, 6) is 0. The molecule has 3 N–H and O–H groups in total. The lowest BCUT2D eigenvalue weighted by Crippen LogP contribution is -2.22. The molecule has 1 saturated heterocycles. The lowest BCUT2D eigenvalue weighted by molar-refractivity contribution is 0.174. The third-order valence-corrected chi connectivity index (χ3v) is 3.01. The van der Waals surface area contributed by atoms with Crippen molar-refractivity contribution in [3.05, 3.63) is 29.3 Å². The maximum Gasteiger partial charge on any atom is 0.0679 e. The van der Waals surface area contributed by atoms with Crippen LogP contribution in [0.4, 0.5) is 5.69 Å². The Labute approximate surface area is 90.5 Å². The molecule has 1 atom stereocenters. The summed E-state index contributed by atoms with van der Waals surface area (Å²) in [6.45, 7) is 4.76. The first-order valence-corrected chi connectivity index (χ1v) is 5.40. The van der Waals surface area contributed by atoms with Crippen LogP contribution in [0.2, 0.25) is 0 Å². The number of hydrogen-bond donors (Lipinski definition) is 2. The van der Waals surface area contributed by atoms with E-state index in [1.54, 1.807) is 0 Å². The average molecular weight is 206 g/mol. The SMILES string of the molecule is Cc1ccc(N)cc1CN1CCC(O)C1. The number of β-amino-alcohol motifs (C(OH)–C–C–N with tert-alkyl or cyclic N) is 1. The first kappa shape index (κ1) is 10.5. The Kier molecular flexibility index (Phi) is 2.93. The fourth-order valence-electron chi connectivity index (χ4n) is 2.06. The molecule has 0 aliphatic carbocycles. The molecule has 1 aliphatic rings. The second kappa shape index (κ2) is 4.21. The predicted octanol–water partition coefficient (Wildman–Crippen LogP) is 1.14. The Morgan fingerprint density at radius 2 is 2.33 bits per heavy atom. The third-order valence-electron chi connectivity index (χ3n) is 3.01. The van der Waals surface area contributed by atoms with Gasteiger partial charge in [-0.1, -0.05) is 6.07 Å². The number of nitrogens with zero attached hydrogens (tertiary/aromatic N) is 1. The van der Waals surface area contributed by atoms with Gasteiger partial charge in [-0.2, -0.15) is 0 Å². The lowest BCUT2D eigenvalue weighted by atomic mass is 10.1. The van der Waals surface area contributed by atoms with Crippen LogP contribution in [0.3, 0.4) is 0 Å². The normalized spacial score (nSPS) is 22.1. The molecule has 15 heavy (non-hydrogen) atoms. The monoisotopic (exact) mass is 206 g/mol. The first-order chi connectivity index (χ1) is 7.15. The van der Waals surface area contributed by atoms with E-state index in [4.69, 9.17) is 5.73 Å². The van der Waals surface area contributed by atoms with E-state index in [-0.39, 0.29) is 6.10 Å². The van der Waals surface area contributed by atoms with Gasteiger partial charge in [0.2, 0.25) is 0 Å². The van der Waals surface area contributed by atoms with Crippen LogP contribution in [-0.2, 0) is 6.54 Å². The molecule has 1 aromatic carbocycles. The Bertz CT molecular complexity index is 351. The maximum absolute atomic E-state index is 9.44. The van der Waals surface area contributed by atoms with Gasteiger partial charge in [0.05, 0.1) is 6.10 Å². The van der Waals surface area contributed by atoms with E-state index in [2.05, 4.69) is 17.9 Å². The van der Waals surface area contributed by atoms with Crippen molar-refractivity contribution in [2.24, 2.45) is 0 Å². The zero-order valence-corrected chi connectivity index (χ0v) is 9.11. The van der Waals surface area contributed by atoms with Gasteiger partial charge in [-0.25, -0.2) is 0 Å². The van der Waals surface area contributed by atoms with Crippen LogP contribution < -0.4 is 5.73 Å². The van der Waals surface area contributed by atoms with Crippen LogP contribution in [0.25, 0.3) is 0 Å². The van der Waals surface area contributed by atoms with Crippen molar-refractivity contribution in [1.82, 2.24) is 4.90 Å². The van der Waals surface area contributed by atoms with E-state index in [1.165, 1.54) is 11.1 Å². The summed E-state index contributed by atoms with van der Waals surface area (Å²) >= 11 is 0. The fourth-order valence-corrected chi connectivity index (χ4v) is 2.06. The van der Waals surface area contributed by atoms with Gasteiger partial charge in [0, 0.05) is 25.3 Å². The predicted molar refractivity (Wildman–Crippen MR) is 61.5 cm³/mol.